The Morgan fingerprint density at radius 3 is 1.61 bits per heavy atom. The predicted molar refractivity (Wildman–Crippen MR) is 55.2 cm³/mol. The Balaban J connectivity index is -0.000000232. The van der Waals surface area contributed by atoms with Gasteiger partial charge in [-0.2, -0.15) is 0 Å². The van der Waals surface area contributed by atoms with Crippen molar-refractivity contribution >= 4 is 11.8 Å². The first-order valence-corrected chi connectivity index (χ1v) is 4.55. The van der Waals surface area contributed by atoms with Crippen LogP contribution in [0.15, 0.2) is 42.2 Å². The van der Waals surface area contributed by atoms with Crippen molar-refractivity contribution in [3.63, 3.8) is 0 Å². The average molecular weight is 332 g/mol. The minimum atomic E-state index is -1.13. The maximum atomic E-state index is 10.1. The third-order valence-electron chi connectivity index (χ3n) is 1.42. The monoisotopic (exact) mass is 332 g/mol. The summed E-state index contributed by atoms with van der Waals surface area (Å²) in [7, 11) is 0. The van der Waals surface area contributed by atoms with Gasteiger partial charge in [0.15, 0.2) is 5.78 Å². The number of ketones is 1. The molecule has 0 saturated carbocycles. The first-order valence-electron chi connectivity index (χ1n) is 4.55. The van der Waals surface area contributed by atoms with Gasteiger partial charge in [-0.05, 0) is 18.6 Å². The van der Waals surface area contributed by atoms with Gasteiger partial charge >= 0.3 is 34.1 Å². The number of carbonyl (C=O) groups excluding carboxylic acids is 2. The number of benzene rings is 1. The van der Waals surface area contributed by atoms with Gasteiger partial charge < -0.3 is 15.0 Å². The first kappa shape index (κ1) is 22.1. The van der Waals surface area contributed by atoms with Crippen LogP contribution in [0.1, 0.15) is 24.2 Å². The Bertz CT molecular complexity index is 384. The summed E-state index contributed by atoms with van der Waals surface area (Å²) in [4.78, 5) is 20.1. The normalized spacial score (nSPS) is 8.89. The van der Waals surface area contributed by atoms with Gasteiger partial charge in [-0.1, -0.05) is 37.3 Å². The summed E-state index contributed by atoms with van der Waals surface area (Å²) in [5.41, 5.74) is 0.220. The molecule has 0 radical (unpaired) electrons. The summed E-state index contributed by atoms with van der Waals surface area (Å²) in [5, 5.41) is 20.1. The molecule has 0 amide bonds. The topological polar surface area (TPSA) is 80.3 Å². The number of carbonyl (C=O) groups is 2. The SMILES string of the molecule is CC(=O)/C=C(/C)[O-].O=C([O-])c1ccccc1.[Fe+2].[Fe+2]. The van der Waals surface area contributed by atoms with Crippen molar-refractivity contribution in [1.82, 2.24) is 0 Å². The second kappa shape index (κ2) is 12.4. The molecule has 1 rings (SSSR count). The molecule has 6 heteroatoms. The fraction of sp³-hybridized carbons (Fsp3) is 0.167. The van der Waals surface area contributed by atoms with Crippen LogP contribution in [-0.4, -0.2) is 11.8 Å². The van der Waals surface area contributed by atoms with E-state index < -0.39 is 5.97 Å². The number of hydrogen-bond donors (Lipinski definition) is 0. The van der Waals surface area contributed by atoms with E-state index in [0.717, 1.165) is 6.08 Å². The van der Waals surface area contributed by atoms with Crippen molar-refractivity contribution in [2.24, 2.45) is 0 Å². The molecule has 0 aliphatic rings. The van der Waals surface area contributed by atoms with Gasteiger partial charge in [0.25, 0.3) is 0 Å². The molecule has 0 spiro atoms. The number of allylic oxidation sites excluding steroid dienone is 2. The molecule has 0 bridgehead atoms. The van der Waals surface area contributed by atoms with Gasteiger partial charge in [-0.3, -0.25) is 4.79 Å². The average Bonchev–Trinajstić information content (AvgIpc) is 2.17. The van der Waals surface area contributed by atoms with E-state index in [4.69, 9.17) is 0 Å². The predicted octanol–water partition coefficient (Wildman–Crippen LogP) is -0.115. The Morgan fingerprint density at radius 1 is 1.00 bits per heavy atom. The van der Waals surface area contributed by atoms with Crippen LogP contribution in [0.25, 0.3) is 0 Å². The van der Waals surface area contributed by atoms with Crippen molar-refractivity contribution in [2.75, 3.05) is 0 Å². The molecule has 0 saturated heterocycles. The van der Waals surface area contributed by atoms with Crippen LogP contribution in [0.3, 0.4) is 0 Å². The zero-order chi connectivity index (χ0) is 12.6. The summed E-state index contributed by atoms with van der Waals surface area (Å²) < 4.78 is 0. The smallest absolute Gasteiger partial charge is 0.876 e. The summed E-state index contributed by atoms with van der Waals surface area (Å²) in [5.74, 6) is -1.50. The molecular weight excluding hydrogens is 320 g/mol. The van der Waals surface area contributed by atoms with Crippen LogP contribution in [-0.2, 0) is 38.9 Å². The molecule has 98 valence electrons. The van der Waals surface area contributed by atoms with Crippen LogP contribution >= 0.6 is 0 Å². The number of aromatic carboxylic acids is 1. The van der Waals surface area contributed by atoms with Crippen LogP contribution in [0.4, 0.5) is 0 Å². The van der Waals surface area contributed by atoms with E-state index in [0.29, 0.717) is 0 Å². The van der Waals surface area contributed by atoms with E-state index in [1.807, 2.05) is 0 Å². The molecule has 0 aliphatic heterocycles. The van der Waals surface area contributed by atoms with Crippen molar-refractivity contribution < 1.29 is 53.9 Å². The first-order chi connectivity index (χ1) is 7.43. The summed E-state index contributed by atoms with van der Waals surface area (Å²) in [6, 6.07) is 8.06. The standard InChI is InChI=1S/C7H6O2.C5H8O2.2Fe/c8-7(9)6-4-2-1-3-5-6;1-4(6)3-5(2)7;;/h1-5H,(H,8,9);3,6H,1-2H3;;/q;;2*+2/p-2/b;4-3-;;. The maximum Gasteiger partial charge on any atom is 2.00 e. The van der Waals surface area contributed by atoms with Gasteiger partial charge in [-0.25, -0.2) is 0 Å². The molecule has 0 unspecified atom stereocenters. The Kier molecular flexibility index (Phi) is 15.3. The van der Waals surface area contributed by atoms with Gasteiger partial charge in [0.05, 0.1) is 5.97 Å². The van der Waals surface area contributed by atoms with Crippen molar-refractivity contribution in [1.29, 1.82) is 0 Å². The Labute approximate surface area is 127 Å². The van der Waals surface area contributed by atoms with E-state index >= 15 is 0 Å². The fourth-order valence-corrected chi connectivity index (χ4v) is 0.860. The minimum Gasteiger partial charge on any atom is -0.876 e. The van der Waals surface area contributed by atoms with Gasteiger partial charge in [-0.15, -0.1) is 5.76 Å². The number of rotatable bonds is 2. The number of hydrogen-bond acceptors (Lipinski definition) is 4. The molecule has 1 aromatic carbocycles. The fourth-order valence-electron chi connectivity index (χ4n) is 0.860. The zero-order valence-corrected chi connectivity index (χ0v) is 12.0. The molecule has 18 heavy (non-hydrogen) atoms. The van der Waals surface area contributed by atoms with Gasteiger partial charge in [0, 0.05) is 0 Å². The molecule has 1 aromatic rings. The van der Waals surface area contributed by atoms with Crippen LogP contribution in [0.5, 0.6) is 0 Å². The van der Waals surface area contributed by atoms with E-state index in [1.165, 1.54) is 26.0 Å². The molecule has 0 aliphatic carbocycles. The third-order valence-corrected chi connectivity index (χ3v) is 1.42. The molecule has 0 N–H and O–H groups in total. The molecule has 0 atom stereocenters. The maximum absolute atomic E-state index is 10.1. The summed E-state index contributed by atoms with van der Waals surface area (Å²) in [6.45, 7) is 2.70. The summed E-state index contributed by atoms with van der Waals surface area (Å²) >= 11 is 0. The van der Waals surface area contributed by atoms with E-state index in [9.17, 15) is 19.8 Å². The largest absolute Gasteiger partial charge is 2.00 e. The second-order valence-corrected chi connectivity index (χ2v) is 3.02. The van der Waals surface area contributed by atoms with Crippen LogP contribution in [0.2, 0.25) is 0 Å². The molecule has 0 aromatic heterocycles. The zero-order valence-electron chi connectivity index (χ0n) is 9.80. The molecule has 0 fully saturated rings. The van der Waals surface area contributed by atoms with E-state index in [2.05, 4.69) is 0 Å². The minimum absolute atomic E-state index is 0. The van der Waals surface area contributed by atoms with E-state index in [-0.39, 0.29) is 51.2 Å². The van der Waals surface area contributed by atoms with Crippen molar-refractivity contribution in [3.8, 4) is 0 Å². The molecule has 0 heterocycles. The Morgan fingerprint density at radius 2 is 1.44 bits per heavy atom. The third kappa shape index (κ3) is 13.0. The number of carboxylic acid groups (broad SMARTS) is 1. The van der Waals surface area contributed by atoms with E-state index in [1.54, 1.807) is 18.2 Å². The van der Waals surface area contributed by atoms with Crippen molar-refractivity contribution in [2.45, 2.75) is 13.8 Å². The van der Waals surface area contributed by atoms with Crippen LogP contribution in [0, 0.1) is 0 Å². The van der Waals surface area contributed by atoms with Crippen molar-refractivity contribution in [3.05, 3.63) is 47.7 Å². The quantitative estimate of drug-likeness (QED) is 0.430. The van der Waals surface area contributed by atoms with Crippen LogP contribution < -0.4 is 10.2 Å². The molecular formula is C12H12Fe2O4+2. The summed E-state index contributed by atoms with van der Waals surface area (Å²) in [6.07, 6.45) is 1.06. The second-order valence-electron chi connectivity index (χ2n) is 3.02. The van der Waals surface area contributed by atoms with Gasteiger partial charge in [0.1, 0.15) is 0 Å². The number of carboxylic acids is 1. The van der Waals surface area contributed by atoms with Gasteiger partial charge in [0.2, 0.25) is 0 Å². The Hall–Kier alpha value is -1.06. The molecule has 4 nitrogen and oxygen atoms in total.